The molecule has 25 heavy (non-hydrogen) atoms. The second kappa shape index (κ2) is 7.97. The summed E-state index contributed by atoms with van der Waals surface area (Å²) in [6, 6.07) is 9.91. The highest BCUT2D eigenvalue weighted by molar-refractivity contribution is 5.21. The highest BCUT2D eigenvalue weighted by Gasteiger charge is 2.38. The first kappa shape index (κ1) is 16.5. The predicted molar refractivity (Wildman–Crippen MR) is 92.2 cm³/mol. The highest BCUT2D eigenvalue weighted by atomic mass is 16.7. The van der Waals surface area contributed by atoms with Gasteiger partial charge in [0.1, 0.15) is 17.7 Å². The number of nitrogens with zero attached hydrogens (tertiary/aromatic N) is 2. The van der Waals surface area contributed by atoms with E-state index >= 15 is 0 Å². The third kappa shape index (κ3) is 4.19. The van der Waals surface area contributed by atoms with Gasteiger partial charge in [0.25, 0.3) is 0 Å². The van der Waals surface area contributed by atoms with Crippen molar-refractivity contribution in [3.05, 3.63) is 48.5 Å². The van der Waals surface area contributed by atoms with Crippen LogP contribution in [0.5, 0.6) is 5.75 Å². The van der Waals surface area contributed by atoms with Gasteiger partial charge >= 0.3 is 0 Å². The molecule has 2 fully saturated rings. The van der Waals surface area contributed by atoms with Crippen molar-refractivity contribution in [2.75, 3.05) is 32.8 Å². The maximum atomic E-state index is 6.29. The third-order valence-corrected chi connectivity index (χ3v) is 4.52. The Kier molecular flexibility index (Phi) is 5.27. The van der Waals surface area contributed by atoms with E-state index in [1.807, 2.05) is 36.5 Å². The molecule has 0 bridgehead atoms. The van der Waals surface area contributed by atoms with Gasteiger partial charge < -0.3 is 24.5 Å². The molecule has 134 valence electrons. The topological polar surface area (TPSA) is 71.6 Å². The lowest BCUT2D eigenvalue weighted by Crippen LogP contribution is -2.55. The summed E-state index contributed by atoms with van der Waals surface area (Å²) in [6.45, 7) is 4.29. The fraction of sp³-hybridized carbons (Fsp3) is 0.500. The van der Waals surface area contributed by atoms with E-state index in [4.69, 9.17) is 14.2 Å². The molecule has 1 aromatic heterocycles. The Bertz CT molecular complexity index is 631. The standard InChI is InChI=1S/C18H24N4O3/c1-2-4-14(5-3-1)24-18(22-10-8-19-9-11-22)15-13-23-17(25-15)12-16-20-6-7-21-16/h1-7,15,17-19H,8-13H2,(H,20,21). The number of piperazine rings is 1. The van der Waals surface area contributed by atoms with Gasteiger partial charge in [-0.1, -0.05) is 18.2 Å². The fourth-order valence-corrected chi connectivity index (χ4v) is 3.26. The van der Waals surface area contributed by atoms with Crippen molar-refractivity contribution in [2.45, 2.75) is 25.0 Å². The molecule has 0 radical (unpaired) electrons. The summed E-state index contributed by atoms with van der Waals surface area (Å²) >= 11 is 0. The lowest BCUT2D eigenvalue weighted by atomic mass is 10.2. The first-order valence-corrected chi connectivity index (χ1v) is 8.80. The average molecular weight is 344 g/mol. The van der Waals surface area contributed by atoms with Crippen LogP contribution in [0.25, 0.3) is 0 Å². The molecule has 0 aliphatic carbocycles. The van der Waals surface area contributed by atoms with Gasteiger partial charge in [-0.05, 0) is 12.1 Å². The molecular weight excluding hydrogens is 320 g/mol. The number of rotatable bonds is 6. The zero-order valence-electron chi connectivity index (χ0n) is 14.1. The summed E-state index contributed by atoms with van der Waals surface area (Å²) in [4.78, 5) is 9.66. The van der Waals surface area contributed by atoms with Gasteiger partial charge in [0, 0.05) is 38.6 Å². The van der Waals surface area contributed by atoms with Crippen LogP contribution in [0.3, 0.4) is 0 Å². The predicted octanol–water partition coefficient (Wildman–Crippen LogP) is 1.00. The van der Waals surface area contributed by atoms with Crippen LogP contribution < -0.4 is 10.1 Å². The number of aromatic amines is 1. The Morgan fingerprint density at radius 3 is 2.84 bits per heavy atom. The molecular formula is C18H24N4O3. The monoisotopic (exact) mass is 344 g/mol. The lowest BCUT2D eigenvalue weighted by Gasteiger charge is -2.37. The number of ether oxygens (including phenoxy) is 3. The van der Waals surface area contributed by atoms with Crippen LogP contribution in [0.15, 0.2) is 42.7 Å². The Balaban J connectivity index is 1.43. The molecule has 3 atom stereocenters. The van der Waals surface area contributed by atoms with E-state index in [1.165, 1.54) is 0 Å². The highest BCUT2D eigenvalue weighted by Crippen LogP contribution is 2.23. The van der Waals surface area contributed by atoms with Gasteiger partial charge in [0.05, 0.1) is 13.0 Å². The number of benzene rings is 1. The first-order valence-electron chi connectivity index (χ1n) is 8.80. The Morgan fingerprint density at radius 2 is 2.08 bits per heavy atom. The minimum absolute atomic E-state index is 0.127. The molecule has 2 aliphatic rings. The number of hydrogen-bond acceptors (Lipinski definition) is 6. The second-order valence-electron chi connectivity index (χ2n) is 6.28. The molecule has 1 aromatic carbocycles. The molecule has 2 saturated heterocycles. The van der Waals surface area contributed by atoms with Crippen LogP contribution in [-0.2, 0) is 15.9 Å². The maximum absolute atomic E-state index is 6.29. The van der Waals surface area contributed by atoms with E-state index in [9.17, 15) is 0 Å². The van der Waals surface area contributed by atoms with Crippen LogP contribution in [0.1, 0.15) is 5.82 Å². The van der Waals surface area contributed by atoms with E-state index < -0.39 is 0 Å². The van der Waals surface area contributed by atoms with Crippen molar-refractivity contribution < 1.29 is 14.2 Å². The van der Waals surface area contributed by atoms with E-state index in [1.54, 1.807) is 6.20 Å². The SMILES string of the molecule is c1ccc(OC(C2COC(Cc3ncc[nH]3)O2)N2CCNCC2)cc1. The van der Waals surface area contributed by atoms with Crippen LogP contribution in [0.4, 0.5) is 0 Å². The van der Waals surface area contributed by atoms with Crippen molar-refractivity contribution in [3.8, 4) is 5.75 Å². The van der Waals surface area contributed by atoms with Gasteiger partial charge in [-0.2, -0.15) is 0 Å². The summed E-state index contributed by atoms with van der Waals surface area (Å²) in [6.07, 6.45) is 3.59. The van der Waals surface area contributed by atoms with E-state index in [0.717, 1.165) is 37.8 Å². The lowest BCUT2D eigenvalue weighted by molar-refractivity contribution is -0.111. The minimum atomic E-state index is -0.291. The van der Waals surface area contributed by atoms with Gasteiger partial charge in [-0.15, -0.1) is 0 Å². The van der Waals surface area contributed by atoms with Gasteiger partial charge in [0.2, 0.25) is 0 Å². The minimum Gasteiger partial charge on any atom is -0.472 e. The molecule has 7 nitrogen and oxygen atoms in total. The Hall–Kier alpha value is -1.93. The first-order chi connectivity index (χ1) is 12.4. The molecule has 0 saturated carbocycles. The molecule has 0 amide bonds. The zero-order chi connectivity index (χ0) is 16.9. The van der Waals surface area contributed by atoms with Gasteiger partial charge in [0.15, 0.2) is 12.5 Å². The van der Waals surface area contributed by atoms with Crippen molar-refractivity contribution in [1.82, 2.24) is 20.2 Å². The van der Waals surface area contributed by atoms with E-state index in [-0.39, 0.29) is 18.6 Å². The van der Waals surface area contributed by atoms with Crippen LogP contribution in [0.2, 0.25) is 0 Å². The van der Waals surface area contributed by atoms with Crippen LogP contribution >= 0.6 is 0 Å². The average Bonchev–Trinajstić information content (AvgIpc) is 3.34. The van der Waals surface area contributed by atoms with Crippen molar-refractivity contribution in [3.63, 3.8) is 0 Å². The van der Waals surface area contributed by atoms with E-state index in [2.05, 4.69) is 20.2 Å². The van der Waals surface area contributed by atoms with Crippen LogP contribution in [0, 0.1) is 0 Å². The maximum Gasteiger partial charge on any atom is 0.181 e. The molecule has 2 aromatic rings. The number of nitrogens with one attached hydrogen (secondary N) is 2. The zero-order valence-corrected chi connectivity index (χ0v) is 14.1. The molecule has 0 spiro atoms. The van der Waals surface area contributed by atoms with Crippen molar-refractivity contribution >= 4 is 0 Å². The van der Waals surface area contributed by atoms with E-state index in [0.29, 0.717) is 13.0 Å². The Morgan fingerprint density at radius 1 is 1.24 bits per heavy atom. The summed E-state index contributed by atoms with van der Waals surface area (Å²) in [5.41, 5.74) is 0. The molecule has 3 heterocycles. The Labute approximate surface area is 147 Å². The largest absolute Gasteiger partial charge is 0.472 e. The number of aromatic nitrogens is 2. The molecule has 2 N–H and O–H groups in total. The summed E-state index contributed by atoms with van der Waals surface area (Å²) < 4.78 is 18.3. The normalized spacial score (nSPS) is 25.8. The van der Waals surface area contributed by atoms with Crippen molar-refractivity contribution in [2.24, 2.45) is 0 Å². The summed E-state index contributed by atoms with van der Waals surface area (Å²) in [5, 5.41) is 3.38. The van der Waals surface area contributed by atoms with Crippen LogP contribution in [-0.4, -0.2) is 66.3 Å². The van der Waals surface area contributed by atoms with Gasteiger partial charge in [-0.3, -0.25) is 4.90 Å². The second-order valence-corrected chi connectivity index (χ2v) is 6.28. The molecule has 2 aliphatic heterocycles. The molecule has 7 heteroatoms. The number of para-hydroxylation sites is 1. The molecule has 4 rings (SSSR count). The quantitative estimate of drug-likeness (QED) is 0.815. The number of hydrogen-bond donors (Lipinski definition) is 2. The summed E-state index contributed by atoms with van der Waals surface area (Å²) in [5.74, 6) is 1.72. The third-order valence-electron chi connectivity index (χ3n) is 4.52. The summed E-state index contributed by atoms with van der Waals surface area (Å²) in [7, 11) is 0. The number of imidazole rings is 1. The molecule has 3 unspecified atom stereocenters. The van der Waals surface area contributed by atoms with Crippen molar-refractivity contribution in [1.29, 1.82) is 0 Å². The smallest absolute Gasteiger partial charge is 0.181 e. The fourth-order valence-electron chi connectivity index (χ4n) is 3.26. The number of H-pyrrole nitrogens is 1. The van der Waals surface area contributed by atoms with Gasteiger partial charge in [-0.25, -0.2) is 4.98 Å².